The maximum Gasteiger partial charge on any atom is 0.257 e. The van der Waals surface area contributed by atoms with E-state index in [2.05, 4.69) is 21.9 Å². The van der Waals surface area contributed by atoms with E-state index in [0.29, 0.717) is 5.56 Å². The van der Waals surface area contributed by atoms with Gasteiger partial charge in [-0.1, -0.05) is 6.58 Å². The minimum atomic E-state index is -0.197. The number of hydrogen-bond acceptors (Lipinski definition) is 3. The molecule has 0 unspecified atom stereocenters. The number of pyridine rings is 2. The molecule has 2 aromatic heterocycles. The van der Waals surface area contributed by atoms with Crippen LogP contribution in [0.3, 0.4) is 0 Å². The Balaban J connectivity index is 2.39. The van der Waals surface area contributed by atoms with Crippen molar-refractivity contribution in [3.63, 3.8) is 0 Å². The molecule has 0 bridgehead atoms. The number of amides is 1. The Morgan fingerprint density at radius 2 is 2.11 bits per heavy atom. The van der Waals surface area contributed by atoms with Crippen LogP contribution in [0.25, 0.3) is 11.3 Å². The number of carbonyl (C=O) groups is 1. The topological polar surface area (TPSA) is 54.9 Å². The lowest BCUT2D eigenvalue weighted by Gasteiger charge is -2.07. The van der Waals surface area contributed by atoms with Gasteiger partial charge in [-0.15, -0.1) is 0 Å². The van der Waals surface area contributed by atoms with Gasteiger partial charge in [-0.3, -0.25) is 14.8 Å². The molecule has 0 radical (unpaired) electrons. The third-order valence-corrected chi connectivity index (χ3v) is 2.78. The van der Waals surface area contributed by atoms with Crippen molar-refractivity contribution in [3.8, 4) is 11.3 Å². The molecule has 1 amide bonds. The van der Waals surface area contributed by atoms with E-state index in [1.165, 1.54) is 6.20 Å². The predicted octanol–water partition coefficient (Wildman–Crippen LogP) is 2.63. The van der Waals surface area contributed by atoms with Crippen LogP contribution in [0, 0.1) is 13.8 Å². The number of nitrogens with one attached hydrogen (secondary N) is 1. The molecule has 0 saturated heterocycles. The minimum Gasteiger partial charge on any atom is -0.329 e. The van der Waals surface area contributed by atoms with Crippen molar-refractivity contribution >= 4 is 5.91 Å². The first-order valence-corrected chi connectivity index (χ1v) is 5.93. The van der Waals surface area contributed by atoms with Crippen molar-refractivity contribution < 1.29 is 4.79 Å². The van der Waals surface area contributed by atoms with Crippen LogP contribution in [0.5, 0.6) is 0 Å². The Hall–Kier alpha value is -2.49. The van der Waals surface area contributed by atoms with Gasteiger partial charge in [-0.2, -0.15) is 0 Å². The van der Waals surface area contributed by atoms with E-state index < -0.39 is 0 Å². The molecular weight excluding hydrogens is 238 g/mol. The lowest BCUT2D eigenvalue weighted by Crippen LogP contribution is -2.18. The zero-order valence-corrected chi connectivity index (χ0v) is 11.0. The van der Waals surface area contributed by atoms with Crippen LogP contribution >= 0.6 is 0 Å². The summed E-state index contributed by atoms with van der Waals surface area (Å²) in [7, 11) is 0. The average Bonchev–Trinajstić information content (AvgIpc) is 2.38. The molecule has 0 aliphatic carbocycles. The molecule has 0 atom stereocenters. The fourth-order valence-corrected chi connectivity index (χ4v) is 1.83. The molecule has 0 aromatic carbocycles. The number of aryl methyl sites for hydroxylation is 2. The predicted molar refractivity (Wildman–Crippen MR) is 74.6 cm³/mol. The number of nitrogens with zero attached hydrogens (tertiary/aromatic N) is 2. The van der Waals surface area contributed by atoms with Gasteiger partial charge in [0.05, 0.1) is 11.3 Å². The summed E-state index contributed by atoms with van der Waals surface area (Å²) >= 11 is 0. The molecule has 4 heteroatoms. The minimum absolute atomic E-state index is 0.197. The lowest BCUT2D eigenvalue weighted by atomic mass is 10.1. The highest BCUT2D eigenvalue weighted by atomic mass is 16.1. The molecule has 0 aliphatic rings. The molecule has 2 aromatic rings. The highest BCUT2D eigenvalue weighted by Crippen LogP contribution is 2.19. The molecule has 96 valence electrons. The van der Waals surface area contributed by atoms with Crippen molar-refractivity contribution in [2.24, 2.45) is 0 Å². The molecule has 4 nitrogen and oxygen atoms in total. The smallest absolute Gasteiger partial charge is 0.257 e. The first-order valence-electron chi connectivity index (χ1n) is 5.93. The SMILES string of the molecule is C=CNC(=O)c1cnc(-c2ccnc(C)c2)cc1C. The molecule has 2 rings (SSSR count). The van der Waals surface area contributed by atoms with Gasteiger partial charge in [0.25, 0.3) is 5.91 Å². The second kappa shape index (κ2) is 5.44. The summed E-state index contributed by atoms with van der Waals surface area (Å²) in [5, 5.41) is 2.55. The van der Waals surface area contributed by atoms with Crippen molar-refractivity contribution in [2.75, 3.05) is 0 Å². The summed E-state index contributed by atoms with van der Waals surface area (Å²) in [5.41, 5.74) is 4.18. The highest BCUT2D eigenvalue weighted by Gasteiger charge is 2.10. The van der Waals surface area contributed by atoms with Crippen molar-refractivity contribution in [1.29, 1.82) is 0 Å². The molecular formula is C15H15N3O. The van der Waals surface area contributed by atoms with Crippen LogP contribution in [0.1, 0.15) is 21.6 Å². The molecule has 2 heterocycles. The Bertz CT molecular complexity index is 635. The Kier molecular flexibility index (Phi) is 3.71. The Morgan fingerprint density at radius 1 is 1.32 bits per heavy atom. The van der Waals surface area contributed by atoms with E-state index >= 15 is 0 Å². The fourth-order valence-electron chi connectivity index (χ4n) is 1.83. The molecule has 19 heavy (non-hydrogen) atoms. The van der Waals surface area contributed by atoms with Gasteiger partial charge in [-0.05, 0) is 43.8 Å². The second-order valence-corrected chi connectivity index (χ2v) is 4.25. The second-order valence-electron chi connectivity index (χ2n) is 4.25. The van der Waals surface area contributed by atoms with Gasteiger partial charge in [0.1, 0.15) is 0 Å². The molecule has 0 saturated carbocycles. The normalized spacial score (nSPS) is 10.0. The summed E-state index contributed by atoms with van der Waals surface area (Å²) in [5.74, 6) is -0.197. The van der Waals surface area contributed by atoms with Gasteiger partial charge in [0.2, 0.25) is 0 Å². The number of carbonyl (C=O) groups excluding carboxylic acids is 1. The van der Waals surface area contributed by atoms with Crippen LogP contribution in [0.15, 0.2) is 43.4 Å². The number of rotatable bonds is 3. The van der Waals surface area contributed by atoms with E-state index in [4.69, 9.17) is 0 Å². The largest absolute Gasteiger partial charge is 0.329 e. The standard InChI is InChI=1S/C15H15N3O/c1-4-16-15(19)13-9-18-14(7-10(13)2)12-5-6-17-11(3)8-12/h4-9H,1H2,2-3H3,(H,16,19). The van der Waals surface area contributed by atoms with Gasteiger partial charge in [-0.25, -0.2) is 0 Å². The van der Waals surface area contributed by atoms with E-state index in [0.717, 1.165) is 22.5 Å². The van der Waals surface area contributed by atoms with Crippen molar-refractivity contribution in [2.45, 2.75) is 13.8 Å². The molecule has 0 aliphatic heterocycles. The van der Waals surface area contributed by atoms with Crippen molar-refractivity contribution in [1.82, 2.24) is 15.3 Å². The van der Waals surface area contributed by atoms with Gasteiger partial charge >= 0.3 is 0 Å². The average molecular weight is 253 g/mol. The molecule has 0 spiro atoms. The fraction of sp³-hybridized carbons (Fsp3) is 0.133. The number of aromatic nitrogens is 2. The third kappa shape index (κ3) is 2.85. The Morgan fingerprint density at radius 3 is 2.74 bits per heavy atom. The quantitative estimate of drug-likeness (QED) is 0.914. The molecule has 0 fully saturated rings. The highest BCUT2D eigenvalue weighted by molar-refractivity contribution is 5.96. The summed E-state index contributed by atoms with van der Waals surface area (Å²) in [6.45, 7) is 7.29. The molecule has 1 N–H and O–H groups in total. The summed E-state index contributed by atoms with van der Waals surface area (Å²) in [6.07, 6.45) is 4.70. The van der Waals surface area contributed by atoms with Crippen molar-refractivity contribution in [3.05, 3.63) is 60.2 Å². The van der Waals surface area contributed by atoms with Gasteiger partial charge in [0.15, 0.2) is 0 Å². The Labute approximate surface area is 112 Å². The van der Waals surface area contributed by atoms with Crippen LogP contribution < -0.4 is 5.32 Å². The van der Waals surface area contributed by atoms with Crippen LogP contribution in [0.2, 0.25) is 0 Å². The van der Waals surface area contributed by atoms with Gasteiger partial charge < -0.3 is 5.32 Å². The van der Waals surface area contributed by atoms with Gasteiger partial charge in [0, 0.05) is 23.7 Å². The lowest BCUT2D eigenvalue weighted by molar-refractivity contribution is 0.0969. The zero-order valence-electron chi connectivity index (χ0n) is 11.0. The summed E-state index contributed by atoms with van der Waals surface area (Å²) in [6, 6.07) is 5.76. The monoisotopic (exact) mass is 253 g/mol. The first kappa shape index (κ1) is 13.0. The number of hydrogen-bond donors (Lipinski definition) is 1. The van der Waals surface area contributed by atoms with Crippen LogP contribution in [-0.2, 0) is 0 Å². The zero-order chi connectivity index (χ0) is 13.8. The van der Waals surface area contributed by atoms with Crippen LogP contribution in [0.4, 0.5) is 0 Å². The maximum atomic E-state index is 11.7. The van der Waals surface area contributed by atoms with E-state index in [9.17, 15) is 4.79 Å². The first-order chi connectivity index (χ1) is 9.11. The van der Waals surface area contributed by atoms with E-state index in [-0.39, 0.29) is 5.91 Å². The van der Waals surface area contributed by atoms with Crippen LogP contribution in [-0.4, -0.2) is 15.9 Å². The summed E-state index contributed by atoms with van der Waals surface area (Å²) in [4.78, 5) is 20.2. The summed E-state index contributed by atoms with van der Waals surface area (Å²) < 4.78 is 0. The van der Waals surface area contributed by atoms with E-state index in [1.54, 1.807) is 12.4 Å². The maximum absolute atomic E-state index is 11.7. The van der Waals surface area contributed by atoms with E-state index in [1.807, 2.05) is 32.0 Å². The third-order valence-electron chi connectivity index (χ3n) is 2.78.